The van der Waals surface area contributed by atoms with Crippen molar-refractivity contribution in [2.75, 3.05) is 0 Å². The molecule has 0 spiro atoms. The van der Waals surface area contributed by atoms with Crippen LogP contribution in [-0.4, -0.2) is 0 Å². The number of halogens is 1. The molecule has 0 radical (unpaired) electrons. The first kappa shape index (κ1) is 11.7. The van der Waals surface area contributed by atoms with E-state index >= 15 is 0 Å². The van der Waals surface area contributed by atoms with Crippen LogP contribution < -0.4 is 0 Å². The highest BCUT2D eigenvalue weighted by atomic mass is 35.5. The maximum Gasteiger partial charge on any atom is 0.0846 e. The Labute approximate surface area is 106 Å². The molecule has 2 heteroatoms. The van der Waals surface area contributed by atoms with Crippen molar-refractivity contribution in [3.63, 3.8) is 0 Å². The van der Waals surface area contributed by atoms with Gasteiger partial charge in [0.1, 0.15) is 0 Å². The predicted molar refractivity (Wildman–Crippen MR) is 72.6 cm³/mol. The zero-order valence-electron chi connectivity index (χ0n) is 9.53. The summed E-state index contributed by atoms with van der Waals surface area (Å²) in [6.07, 6.45) is 1.07. The number of alkyl halides is 1. The van der Waals surface area contributed by atoms with E-state index in [1.807, 2.05) is 0 Å². The molecule has 0 nitrogen and oxygen atoms in total. The Morgan fingerprint density at radius 1 is 1.19 bits per heavy atom. The van der Waals surface area contributed by atoms with Crippen molar-refractivity contribution in [2.45, 2.75) is 25.6 Å². The Kier molecular flexibility index (Phi) is 3.67. The second-order valence-corrected chi connectivity index (χ2v) is 5.15. The van der Waals surface area contributed by atoms with E-state index in [1.54, 1.807) is 11.3 Å². The molecule has 0 saturated carbocycles. The zero-order valence-corrected chi connectivity index (χ0v) is 11.1. The molecule has 2 rings (SSSR count). The summed E-state index contributed by atoms with van der Waals surface area (Å²) in [4.78, 5) is 0. The molecule has 0 aliphatic heterocycles. The van der Waals surface area contributed by atoms with Crippen LogP contribution in [0.3, 0.4) is 0 Å². The molecular weight excluding hydrogens is 236 g/mol. The minimum Gasteiger partial charge on any atom is -0.152 e. The lowest BCUT2D eigenvalue weighted by atomic mass is 10.0. The minimum atomic E-state index is -0.0165. The van der Waals surface area contributed by atoms with Crippen LogP contribution in [0.1, 0.15) is 34.6 Å². The number of rotatable bonds is 3. The third-order valence-corrected chi connectivity index (χ3v) is 4.22. The monoisotopic (exact) mass is 250 g/mol. The molecule has 2 aromatic rings. The first-order chi connectivity index (χ1) is 7.72. The highest BCUT2D eigenvalue weighted by Gasteiger charge is 2.13. The van der Waals surface area contributed by atoms with E-state index in [2.05, 4.69) is 48.9 Å². The van der Waals surface area contributed by atoms with Gasteiger partial charge in [0.25, 0.3) is 0 Å². The van der Waals surface area contributed by atoms with Gasteiger partial charge in [0.2, 0.25) is 0 Å². The average Bonchev–Trinajstić information content (AvgIpc) is 2.75. The molecule has 0 N–H and O–H groups in total. The molecule has 1 unspecified atom stereocenters. The summed E-state index contributed by atoms with van der Waals surface area (Å²) in [7, 11) is 0. The summed E-state index contributed by atoms with van der Waals surface area (Å²) in [6, 6.07) is 8.58. The highest BCUT2D eigenvalue weighted by Crippen LogP contribution is 2.32. The van der Waals surface area contributed by atoms with Gasteiger partial charge in [-0.2, -0.15) is 11.3 Å². The van der Waals surface area contributed by atoms with Crippen LogP contribution >= 0.6 is 22.9 Å². The van der Waals surface area contributed by atoms with Crippen molar-refractivity contribution in [3.05, 3.63) is 57.3 Å². The number of thiophene rings is 1. The van der Waals surface area contributed by atoms with Gasteiger partial charge in [-0.15, -0.1) is 11.6 Å². The van der Waals surface area contributed by atoms with Crippen LogP contribution in [0.15, 0.2) is 35.0 Å². The second kappa shape index (κ2) is 5.03. The van der Waals surface area contributed by atoms with Gasteiger partial charge in [-0.3, -0.25) is 0 Å². The Balaban J connectivity index is 2.27. The molecule has 84 valence electrons. The quantitative estimate of drug-likeness (QED) is 0.677. The van der Waals surface area contributed by atoms with E-state index in [4.69, 9.17) is 11.6 Å². The van der Waals surface area contributed by atoms with Crippen LogP contribution in [0.5, 0.6) is 0 Å². The zero-order chi connectivity index (χ0) is 11.5. The smallest absolute Gasteiger partial charge is 0.0846 e. The summed E-state index contributed by atoms with van der Waals surface area (Å²) >= 11 is 8.19. The van der Waals surface area contributed by atoms with Crippen molar-refractivity contribution >= 4 is 22.9 Å². The molecule has 1 atom stereocenters. The van der Waals surface area contributed by atoms with Gasteiger partial charge in [-0.05, 0) is 46.4 Å². The van der Waals surface area contributed by atoms with Gasteiger partial charge >= 0.3 is 0 Å². The standard InChI is InChI=1S/C14H15ClS/c1-3-11-4-6-12(7-5-11)14(15)13-9-16-8-10(13)2/h4-9,14H,3H2,1-2H3. The van der Waals surface area contributed by atoms with Crippen molar-refractivity contribution in [1.82, 2.24) is 0 Å². The van der Waals surface area contributed by atoms with E-state index < -0.39 is 0 Å². The lowest BCUT2D eigenvalue weighted by Gasteiger charge is -2.10. The SMILES string of the molecule is CCc1ccc(C(Cl)c2cscc2C)cc1. The van der Waals surface area contributed by atoms with E-state index in [1.165, 1.54) is 22.3 Å². The van der Waals surface area contributed by atoms with Gasteiger partial charge in [-0.1, -0.05) is 31.2 Å². The third kappa shape index (κ3) is 2.31. The molecule has 0 amide bonds. The molecular formula is C14H15ClS. The van der Waals surface area contributed by atoms with Crippen LogP contribution in [-0.2, 0) is 6.42 Å². The summed E-state index contributed by atoms with van der Waals surface area (Å²) in [5.74, 6) is 0. The van der Waals surface area contributed by atoms with Gasteiger partial charge in [0.15, 0.2) is 0 Å². The fourth-order valence-electron chi connectivity index (χ4n) is 1.73. The molecule has 0 aliphatic rings. The van der Waals surface area contributed by atoms with E-state index in [-0.39, 0.29) is 5.38 Å². The number of hydrogen-bond acceptors (Lipinski definition) is 1. The maximum absolute atomic E-state index is 6.48. The number of aryl methyl sites for hydroxylation is 2. The largest absolute Gasteiger partial charge is 0.152 e. The Bertz CT molecular complexity index is 456. The van der Waals surface area contributed by atoms with Crippen LogP contribution in [0, 0.1) is 6.92 Å². The maximum atomic E-state index is 6.48. The third-order valence-electron chi connectivity index (χ3n) is 2.85. The van der Waals surface area contributed by atoms with E-state index in [0.29, 0.717) is 0 Å². The molecule has 0 saturated heterocycles. The summed E-state index contributed by atoms with van der Waals surface area (Å²) < 4.78 is 0. The average molecular weight is 251 g/mol. The van der Waals surface area contributed by atoms with Crippen molar-refractivity contribution < 1.29 is 0 Å². The lowest BCUT2D eigenvalue weighted by Crippen LogP contribution is -1.93. The number of hydrogen-bond donors (Lipinski definition) is 0. The van der Waals surface area contributed by atoms with Crippen molar-refractivity contribution in [1.29, 1.82) is 0 Å². The molecule has 1 aromatic carbocycles. The Morgan fingerprint density at radius 3 is 2.38 bits per heavy atom. The molecule has 1 heterocycles. The Hall–Kier alpha value is -0.790. The van der Waals surface area contributed by atoms with E-state index in [0.717, 1.165) is 6.42 Å². The normalized spacial score (nSPS) is 12.7. The first-order valence-electron chi connectivity index (χ1n) is 5.48. The first-order valence-corrected chi connectivity index (χ1v) is 6.86. The van der Waals surface area contributed by atoms with Crippen molar-refractivity contribution in [2.24, 2.45) is 0 Å². The van der Waals surface area contributed by atoms with Gasteiger partial charge in [0.05, 0.1) is 5.38 Å². The van der Waals surface area contributed by atoms with Crippen molar-refractivity contribution in [3.8, 4) is 0 Å². The van der Waals surface area contributed by atoms with Crippen LogP contribution in [0.25, 0.3) is 0 Å². The molecule has 1 aromatic heterocycles. The highest BCUT2D eigenvalue weighted by molar-refractivity contribution is 7.08. The molecule has 0 bridgehead atoms. The summed E-state index contributed by atoms with van der Waals surface area (Å²) in [5, 5.41) is 4.27. The minimum absolute atomic E-state index is 0.0165. The predicted octanol–water partition coefficient (Wildman–Crippen LogP) is 4.95. The molecule has 0 fully saturated rings. The molecule has 16 heavy (non-hydrogen) atoms. The second-order valence-electron chi connectivity index (χ2n) is 3.97. The summed E-state index contributed by atoms with van der Waals surface area (Å²) in [6.45, 7) is 4.28. The summed E-state index contributed by atoms with van der Waals surface area (Å²) in [5.41, 5.74) is 5.05. The topological polar surface area (TPSA) is 0 Å². The van der Waals surface area contributed by atoms with Gasteiger partial charge < -0.3 is 0 Å². The Morgan fingerprint density at radius 2 is 1.88 bits per heavy atom. The van der Waals surface area contributed by atoms with Gasteiger partial charge in [-0.25, -0.2) is 0 Å². The fourth-order valence-corrected chi connectivity index (χ4v) is 3.06. The number of benzene rings is 1. The fraction of sp³-hybridized carbons (Fsp3) is 0.286. The van der Waals surface area contributed by atoms with Crippen LogP contribution in [0.4, 0.5) is 0 Å². The lowest BCUT2D eigenvalue weighted by molar-refractivity contribution is 1.10. The van der Waals surface area contributed by atoms with E-state index in [9.17, 15) is 0 Å². The molecule has 0 aliphatic carbocycles. The van der Waals surface area contributed by atoms with Gasteiger partial charge in [0, 0.05) is 0 Å². The van der Waals surface area contributed by atoms with Crippen LogP contribution in [0.2, 0.25) is 0 Å².